The Morgan fingerprint density at radius 2 is 1.48 bits per heavy atom. The molecular formula is C39H61N3O10. The molecule has 1 aliphatic heterocycles. The van der Waals surface area contributed by atoms with Gasteiger partial charge in [-0.15, -0.1) is 0 Å². The van der Waals surface area contributed by atoms with Crippen molar-refractivity contribution in [1.29, 1.82) is 0 Å². The average Bonchev–Trinajstić information content (AvgIpc) is 3.10. The lowest BCUT2D eigenvalue weighted by Crippen LogP contribution is -2.55. The molecule has 2 rings (SSSR count). The van der Waals surface area contributed by atoms with Gasteiger partial charge in [0.05, 0.1) is 18.9 Å². The fourth-order valence-corrected chi connectivity index (χ4v) is 6.20. The van der Waals surface area contributed by atoms with Crippen LogP contribution in [-0.4, -0.2) is 118 Å². The van der Waals surface area contributed by atoms with Crippen LogP contribution in [0.15, 0.2) is 36.4 Å². The van der Waals surface area contributed by atoms with Gasteiger partial charge in [-0.1, -0.05) is 69.7 Å². The molecule has 3 atom stereocenters. The number of rotatable bonds is 28. The maximum absolute atomic E-state index is 13.4. The van der Waals surface area contributed by atoms with Crippen LogP contribution in [0.25, 0.3) is 0 Å². The van der Waals surface area contributed by atoms with Crippen LogP contribution in [0, 0.1) is 5.92 Å². The minimum absolute atomic E-state index is 0.146. The predicted molar refractivity (Wildman–Crippen MR) is 197 cm³/mol. The molecule has 5 N–H and O–H groups in total. The highest BCUT2D eigenvalue weighted by atomic mass is 16.5. The minimum atomic E-state index is -3.02. The number of amides is 1. The number of ether oxygens (including phenoxy) is 1. The molecule has 1 saturated heterocycles. The molecule has 0 aromatic heterocycles. The number of nitrogens with zero attached hydrogens (tertiary/aromatic N) is 2. The Hall–Kier alpha value is -3.81. The van der Waals surface area contributed by atoms with Gasteiger partial charge in [-0.05, 0) is 56.8 Å². The smallest absolute Gasteiger partial charge is 0.337 e. The normalized spacial score (nSPS) is 16.2. The van der Waals surface area contributed by atoms with Crippen molar-refractivity contribution in [2.45, 2.75) is 115 Å². The van der Waals surface area contributed by atoms with Gasteiger partial charge in [-0.2, -0.15) is 0 Å². The molecule has 1 aromatic carbocycles. The molecule has 13 nitrogen and oxygen atoms in total. The molecule has 292 valence electrons. The van der Waals surface area contributed by atoms with E-state index < -0.39 is 47.8 Å². The molecule has 1 heterocycles. The van der Waals surface area contributed by atoms with E-state index >= 15 is 0 Å². The lowest BCUT2D eigenvalue weighted by Gasteiger charge is -2.32. The van der Waals surface area contributed by atoms with Gasteiger partial charge in [0.2, 0.25) is 5.91 Å². The molecule has 0 saturated carbocycles. The van der Waals surface area contributed by atoms with E-state index in [4.69, 9.17) is 4.74 Å². The number of unbranched alkanes of at least 4 members (excludes halogenated alkanes) is 8. The van der Waals surface area contributed by atoms with Crippen LogP contribution in [0.1, 0.15) is 102 Å². The summed E-state index contributed by atoms with van der Waals surface area (Å²) in [5.41, 5.74) is -2.45. The maximum atomic E-state index is 13.4. The van der Waals surface area contributed by atoms with E-state index in [-0.39, 0.29) is 12.2 Å². The third kappa shape index (κ3) is 17.1. The van der Waals surface area contributed by atoms with Crippen molar-refractivity contribution in [3.63, 3.8) is 0 Å². The number of likely N-dealkylation sites (N-methyl/N-ethyl adjacent to an activating group) is 1. The first-order valence-corrected chi connectivity index (χ1v) is 18.9. The van der Waals surface area contributed by atoms with Crippen LogP contribution in [0.5, 0.6) is 5.75 Å². The number of carboxylic acid groups (broad SMARTS) is 3. The highest BCUT2D eigenvalue weighted by Crippen LogP contribution is 2.26. The maximum Gasteiger partial charge on any atom is 0.337 e. The summed E-state index contributed by atoms with van der Waals surface area (Å²) in [6, 6.07) is 5.29. The number of Topliss-reactive ketones (excluding diaryl/α,β-unsaturated/α-hetero) is 1. The van der Waals surface area contributed by atoms with E-state index in [1.54, 1.807) is 24.3 Å². The number of carbonyl (C=O) groups excluding carboxylic acids is 2. The van der Waals surface area contributed by atoms with Gasteiger partial charge < -0.3 is 40.3 Å². The zero-order valence-electron chi connectivity index (χ0n) is 31.1. The van der Waals surface area contributed by atoms with Gasteiger partial charge in [0.25, 0.3) is 0 Å². The van der Waals surface area contributed by atoms with Gasteiger partial charge >= 0.3 is 17.9 Å². The van der Waals surface area contributed by atoms with E-state index in [0.29, 0.717) is 43.6 Å². The lowest BCUT2D eigenvalue weighted by atomic mass is 9.82. The molecule has 52 heavy (non-hydrogen) atoms. The second kappa shape index (κ2) is 24.4. The SMILES string of the molecule is CCCCCCCC(=O)CCCCCCC=C[C@H](C(=O)N[C@@H](Cc1ccc(OCCCN2CCN(C)CC2)cc1)C(=O)O)[C@@](O)(CC(=O)O)C(=O)O. The van der Waals surface area contributed by atoms with Crippen molar-refractivity contribution >= 4 is 29.6 Å². The number of hydrogen-bond donors (Lipinski definition) is 5. The molecular weight excluding hydrogens is 670 g/mol. The van der Waals surface area contributed by atoms with E-state index in [0.717, 1.165) is 90.2 Å². The van der Waals surface area contributed by atoms with Gasteiger partial charge in [-0.25, -0.2) is 9.59 Å². The van der Waals surface area contributed by atoms with Crippen LogP contribution in [0.2, 0.25) is 0 Å². The summed E-state index contributed by atoms with van der Waals surface area (Å²) in [6.45, 7) is 7.77. The number of allylic oxidation sites excluding steroid dienone is 1. The highest BCUT2D eigenvalue weighted by molar-refractivity contribution is 5.94. The number of nitrogens with one attached hydrogen (secondary N) is 1. The number of ketones is 1. The quantitative estimate of drug-likeness (QED) is 0.0598. The van der Waals surface area contributed by atoms with Crippen LogP contribution < -0.4 is 10.1 Å². The third-order valence-electron chi connectivity index (χ3n) is 9.51. The van der Waals surface area contributed by atoms with Crippen molar-refractivity contribution in [2.24, 2.45) is 5.92 Å². The van der Waals surface area contributed by atoms with Crippen molar-refractivity contribution in [1.82, 2.24) is 15.1 Å². The molecule has 1 fully saturated rings. The van der Waals surface area contributed by atoms with Crippen LogP contribution >= 0.6 is 0 Å². The van der Waals surface area contributed by atoms with Crippen LogP contribution in [0.3, 0.4) is 0 Å². The summed E-state index contributed by atoms with van der Waals surface area (Å²) >= 11 is 0. The molecule has 1 aliphatic rings. The Kier molecular flexibility index (Phi) is 20.8. The monoisotopic (exact) mass is 731 g/mol. The first kappa shape index (κ1) is 44.4. The second-order valence-corrected chi connectivity index (χ2v) is 14.0. The van der Waals surface area contributed by atoms with E-state index in [9.17, 15) is 44.4 Å². The highest BCUT2D eigenvalue weighted by Gasteiger charge is 2.49. The van der Waals surface area contributed by atoms with Gasteiger partial charge in [-0.3, -0.25) is 14.4 Å². The number of carboxylic acids is 3. The van der Waals surface area contributed by atoms with Crippen molar-refractivity contribution in [3.8, 4) is 5.75 Å². The number of benzene rings is 1. The Bertz CT molecular complexity index is 1280. The van der Waals surface area contributed by atoms with Crippen LogP contribution in [0.4, 0.5) is 0 Å². The minimum Gasteiger partial charge on any atom is -0.494 e. The standard InChI is InChI=1S/C39H61N3O10/c1-3-4-5-8-11-15-31(43)16-12-9-6-7-10-13-17-33(39(51,38(49)50)29-35(44)45)36(46)40-34(37(47)48)28-30-18-20-32(21-19-30)52-27-14-22-42-25-23-41(2)24-26-42/h13,17-21,33-34,51H,3-12,14-16,22-29H2,1-2H3,(H,40,46)(H,44,45)(H,47,48)(H,49,50)/t33-,34+,39+/m1/s1. The summed E-state index contributed by atoms with van der Waals surface area (Å²) in [5, 5.41) is 42.4. The van der Waals surface area contributed by atoms with Gasteiger partial charge in [0.15, 0.2) is 5.60 Å². The van der Waals surface area contributed by atoms with Crippen molar-refractivity contribution in [2.75, 3.05) is 46.4 Å². The number of aliphatic carboxylic acids is 3. The number of carbonyl (C=O) groups is 5. The predicted octanol–water partition coefficient (Wildman–Crippen LogP) is 4.55. The first-order valence-electron chi connectivity index (χ1n) is 18.9. The summed E-state index contributed by atoms with van der Waals surface area (Å²) in [7, 11) is 2.11. The zero-order chi connectivity index (χ0) is 38.4. The molecule has 1 amide bonds. The fourth-order valence-electron chi connectivity index (χ4n) is 6.20. The molecule has 0 aliphatic carbocycles. The number of piperazine rings is 1. The first-order chi connectivity index (χ1) is 24.8. The van der Waals surface area contributed by atoms with Gasteiger partial charge in [0.1, 0.15) is 17.6 Å². The molecule has 0 bridgehead atoms. The summed E-state index contributed by atoms with van der Waals surface area (Å²) in [4.78, 5) is 66.0. The molecule has 13 heteroatoms. The topological polar surface area (TPSA) is 194 Å². The Labute approximate surface area is 308 Å². The Balaban J connectivity index is 1.92. The summed E-state index contributed by atoms with van der Waals surface area (Å²) in [6.07, 6.45) is 12.2. The molecule has 0 radical (unpaired) electrons. The third-order valence-corrected chi connectivity index (χ3v) is 9.51. The van der Waals surface area contributed by atoms with E-state index in [2.05, 4.69) is 29.1 Å². The van der Waals surface area contributed by atoms with Gasteiger partial charge in [0, 0.05) is 52.0 Å². The van der Waals surface area contributed by atoms with Crippen LogP contribution in [-0.2, 0) is 30.4 Å². The summed E-state index contributed by atoms with van der Waals surface area (Å²) < 4.78 is 5.84. The fraction of sp³-hybridized carbons (Fsp3) is 0.667. The van der Waals surface area contributed by atoms with E-state index in [1.165, 1.54) is 12.5 Å². The number of hydrogen-bond acceptors (Lipinski definition) is 9. The zero-order valence-corrected chi connectivity index (χ0v) is 31.1. The number of aliphatic hydroxyl groups is 1. The molecule has 0 spiro atoms. The van der Waals surface area contributed by atoms with E-state index in [1.807, 2.05) is 0 Å². The molecule has 1 aromatic rings. The van der Waals surface area contributed by atoms with Crippen molar-refractivity contribution in [3.05, 3.63) is 42.0 Å². The second-order valence-electron chi connectivity index (χ2n) is 14.0. The Morgan fingerprint density at radius 1 is 0.865 bits per heavy atom. The average molecular weight is 732 g/mol. The van der Waals surface area contributed by atoms with Crippen molar-refractivity contribution < 1.29 is 49.1 Å². The molecule has 0 unspecified atom stereocenters. The lowest BCUT2D eigenvalue weighted by molar-refractivity contribution is -0.172. The summed E-state index contributed by atoms with van der Waals surface area (Å²) in [5.74, 6) is -7.05. The largest absolute Gasteiger partial charge is 0.494 e. The Morgan fingerprint density at radius 3 is 2.06 bits per heavy atom.